The third kappa shape index (κ3) is 3.32. The topological polar surface area (TPSA) is 58.6 Å². The average Bonchev–Trinajstić information content (AvgIpc) is 2.66. The van der Waals surface area contributed by atoms with Gasteiger partial charge in [0.25, 0.3) is 0 Å². The molecule has 0 saturated carbocycles. The zero-order valence-electron chi connectivity index (χ0n) is 12.9. The van der Waals surface area contributed by atoms with Gasteiger partial charge in [-0.2, -0.15) is 0 Å². The molecule has 2 amide bonds. The molecule has 0 aromatic rings. The quantitative estimate of drug-likeness (QED) is 0.852. The maximum Gasteiger partial charge on any atom is 0.245 e. The van der Waals surface area contributed by atoms with Crippen LogP contribution in [0.5, 0.6) is 0 Å². The van der Waals surface area contributed by atoms with Crippen molar-refractivity contribution in [3.8, 4) is 0 Å². The second-order valence-corrected chi connectivity index (χ2v) is 6.61. The van der Waals surface area contributed by atoms with E-state index in [1.165, 1.54) is 0 Å². The van der Waals surface area contributed by atoms with Gasteiger partial charge in [0.15, 0.2) is 0 Å². The van der Waals surface area contributed by atoms with Crippen molar-refractivity contribution in [3.63, 3.8) is 0 Å². The number of nitrogens with one attached hydrogen (secondary N) is 1. The summed E-state index contributed by atoms with van der Waals surface area (Å²) in [5.41, 5.74) is -0.0962. The molecule has 3 unspecified atom stereocenters. The van der Waals surface area contributed by atoms with Crippen molar-refractivity contribution in [2.75, 3.05) is 6.54 Å². The number of carbonyl (C=O) groups excluding carboxylic acids is 2. The molecular weight excluding hydrogens is 256 g/mol. The first-order valence-electron chi connectivity index (χ1n) is 7.60. The van der Waals surface area contributed by atoms with Crippen molar-refractivity contribution in [2.45, 2.75) is 77.2 Å². The van der Waals surface area contributed by atoms with E-state index in [4.69, 9.17) is 4.74 Å². The highest BCUT2D eigenvalue weighted by Gasteiger charge is 2.38. The van der Waals surface area contributed by atoms with Crippen molar-refractivity contribution in [2.24, 2.45) is 0 Å². The van der Waals surface area contributed by atoms with E-state index in [0.717, 1.165) is 12.8 Å². The molecule has 2 aliphatic heterocycles. The monoisotopic (exact) mass is 282 g/mol. The van der Waals surface area contributed by atoms with Crippen molar-refractivity contribution in [1.82, 2.24) is 10.2 Å². The minimum absolute atomic E-state index is 0.0270. The Kier molecular flexibility index (Phi) is 4.37. The second kappa shape index (κ2) is 5.72. The van der Waals surface area contributed by atoms with Crippen LogP contribution in [0, 0.1) is 0 Å². The van der Waals surface area contributed by atoms with Crippen molar-refractivity contribution in [1.29, 1.82) is 0 Å². The predicted octanol–water partition coefficient (Wildman–Crippen LogP) is 1.46. The van der Waals surface area contributed by atoms with E-state index in [1.54, 1.807) is 0 Å². The Balaban J connectivity index is 2.07. The largest absolute Gasteiger partial charge is 0.371 e. The van der Waals surface area contributed by atoms with Crippen LogP contribution in [0.25, 0.3) is 0 Å². The van der Waals surface area contributed by atoms with Crippen molar-refractivity contribution in [3.05, 3.63) is 0 Å². The number of amides is 2. The first-order valence-corrected chi connectivity index (χ1v) is 7.60. The molecule has 20 heavy (non-hydrogen) atoms. The summed E-state index contributed by atoms with van der Waals surface area (Å²) in [5.74, 6) is -0.00738. The van der Waals surface area contributed by atoms with E-state index < -0.39 is 0 Å². The fraction of sp³-hybridized carbons (Fsp3) is 0.867. The molecule has 0 aromatic carbocycles. The maximum absolute atomic E-state index is 12.5. The van der Waals surface area contributed by atoms with Gasteiger partial charge in [0.1, 0.15) is 6.04 Å². The van der Waals surface area contributed by atoms with Gasteiger partial charge in [-0.3, -0.25) is 9.59 Å². The van der Waals surface area contributed by atoms with Gasteiger partial charge in [-0.15, -0.1) is 0 Å². The standard InChI is InChI=1S/C15H26N2O3/c1-5-12-14(19)17(10(2)8-13(18)16-12)9-11-6-7-15(3,4)20-11/h10-12H,5-9H2,1-4H3,(H,16,18). The van der Waals surface area contributed by atoms with E-state index in [1.807, 2.05) is 18.7 Å². The summed E-state index contributed by atoms with van der Waals surface area (Å²) in [7, 11) is 0. The normalized spacial score (nSPS) is 34.0. The minimum atomic E-state index is -0.387. The van der Waals surface area contributed by atoms with Crippen LogP contribution >= 0.6 is 0 Å². The summed E-state index contributed by atoms with van der Waals surface area (Å²) in [4.78, 5) is 26.1. The van der Waals surface area contributed by atoms with Gasteiger partial charge in [-0.1, -0.05) is 6.92 Å². The van der Waals surface area contributed by atoms with E-state index in [2.05, 4.69) is 19.2 Å². The molecule has 5 nitrogen and oxygen atoms in total. The lowest BCUT2D eigenvalue weighted by Gasteiger charge is -2.31. The molecule has 114 valence electrons. The predicted molar refractivity (Wildman–Crippen MR) is 76.2 cm³/mol. The molecule has 1 N–H and O–H groups in total. The van der Waals surface area contributed by atoms with E-state index in [0.29, 0.717) is 19.4 Å². The smallest absolute Gasteiger partial charge is 0.245 e. The van der Waals surface area contributed by atoms with Gasteiger partial charge in [0, 0.05) is 19.0 Å². The first kappa shape index (κ1) is 15.3. The van der Waals surface area contributed by atoms with Gasteiger partial charge in [-0.05, 0) is 40.0 Å². The Labute approximate surface area is 121 Å². The number of carbonyl (C=O) groups is 2. The van der Waals surface area contributed by atoms with Crippen LogP contribution < -0.4 is 5.32 Å². The molecule has 2 heterocycles. The lowest BCUT2D eigenvalue weighted by molar-refractivity contribution is -0.137. The highest BCUT2D eigenvalue weighted by Crippen LogP contribution is 2.30. The molecular formula is C15H26N2O3. The summed E-state index contributed by atoms with van der Waals surface area (Å²) in [5, 5.41) is 2.81. The van der Waals surface area contributed by atoms with Crippen molar-refractivity contribution >= 4 is 11.8 Å². The molecule has 5 heteroatoms. The average molecular weight is 282 g/mol. The van der Waals surface area contributed by atoms with E-state index in [-0.39, 0.29) is 35.6 Å². The fourth-order valence-corrected chi connectivity index (χ4v) is 3.08. The zero-order chi connectivity index (χ0) is 14.9. The van der Waals surface area contributed by atoms with Crippen LogP contribution in [-0.2, 0) is 14.3 Å². The van der Waals surface area contributed by atoms with Crippen LogP contribution in [0.4, 0.5) is 0 Å². The maximum atomic E-state index is 12.5. The summed E-state index contributed by atoms with van der Waals surface area (Å²) < 4.78 is 5.99. The zero-order valence-corrected chi connectivity index (χ0v) is 12.9. The highest BCUT2D eigenvalue weighted by molar-refractivity contribution is 5.90. The first-order chi connectivity index (χ1) is 9.32. The number of hydrogen-bond donors (Lipinski definition) is 1. The van der Waals surface area contributed by atoms with E-state index in [9.17, 15) is 9.59 Å². The SMILES string of the molecule is CCC1NC(=O)CC(C)N(CC2CCC(C)(C)O2)C1=O. The Hall–Kier alpha value is -1.10. The highest BCUT2D eigenvalue weighted by atomic mass is 16.5. The number of ether oxygens (including phenoxy) is 1. The Bertz CT molecular complexity index is 395. The summed E-state index contributed by atoms with van der Waals surface area (Å²) in [6.07, 6.45) is 3.08. The molecule has 0 bridgehead atoms. The molecule has 0 aliphatic carbocycles. The fourth-order valence-electron chi connectivity index (χ4n) is 3.08. The molecule has 3 atom stereocenters. The van der Waals surface area contributed by atoms with Crippen molar-refractivity contribution < 1.29 is 14.3 Å². The molecule has 2 aliphatic rings. The van der Waals surface area contributed by atoms with Gasteiger partial charge in [0.2, 0.25) is 11.8 Å². The van der Waals surface area contributed by atoms with Gasteiger partial charge < -0.3 is 15.0 Å². The minimum Gasteiger partial charge on any atom is -0.371 e. The summed E-state index contributed by atoms with van der Waals surface area (Å²) >= 11 is 0. The van der Waals surface area contributed by atoms with Gasteiger partial charge in [-0.25, -0.2) is 0 Å². The molecule has 0 radical (unpaired) electrons. The third-order valence-electron chi connectivity index (χ3n) is 4.29. The van der Waals surface area contributed by atoms with Crippen LogP contribution in [0.1, 0.15) is 53.4 Å². The van der Waals surface area contributed by atoms with Crippen LogP contribution in [0.2, 0.25) is 0 Å². The summed E-state index contributed by atoms with van der Waals surface area (Å²) in [6.45, 7) is 8.62. The van der Waals surface area contributed by atoms with Crippen LogP contribution in [-0.4, -0.2) is 47.0 Å². The molecule has 2 rings (SSSR count). The van der Waals surface area contributed by atoms with Crippen LogP contribution in [0.3, 0.4) is 0 Å². The number of hydrogen-bond acceptors (Lipinski definition) is 3. The second-order valence-electron chi connectivity index (χ2n) is 6.61. The molecule has 0 aromatic heterocycles. The molecule has 2 saturated heterocycles. The number of rotatable bonds is 3. The lowest BCUT2D eigenvalue weighted by atomic mass is 10.0. The Morgan fingerprint density at radius 3 is 2.65 bits per heavy atom. The molecule has 2 fully saturated rings. The Morgan fingerprint density at radius 1 is 1.40 bits per heavy atom. The lowest BCUT2D eigenvalue weighted by Crippen LogP contribution is -2.48. The van der Waals surface area contributed by atoms with Crippen LogP contribution in [0.15, 0.2) is 0 Å². The Morgan fingerprint density at radius 2 is 2.10 bits per heavy atom. The van der Waals surface area contributed by atoms with E-state index >= 15 is 0 Å². The molecule has 0 spiro atoms. The number of nitrogens with zero attached hydrogens (tertiary/aromatic N) is 1. The van der Waals surface area contributed by atoms with Gasteiger partial charge in [0.05, 0.1) is 11.7 Å². The third-order valence-corrected chi connectivity index (χ3v) is 4.29. The summed E-state index contributed by atoms with van der Waals surface area (Å²) in [6, 6.07) is -0.451. The van der Waals surface area contributed by atoms with Gasteiger partial charge >= 0.3 is 0 Å².